The molecular weight excluding hydrogens is 228 g/mol. The van der Waals surface area contributed by atoms with E-state index < -0.39 is 0 Å². The molecule has 0 aliphatic heterocycles. The first-order valence-corrected chi connectivity index (χ1v) is 7.12. The third kappa shape index (κ3) is 5.65. The Morgan fingerprint density at radius 2 is 2.06 bits per heavy atom. The van der Waals surface area contributed by atoms with Crippen LogP contribution >= 0.6 is 0 Å². The topological polar surface area (TPSA) is 44.7 Å². The first-order chi connectivity index (χ1) is 8.50. The second kappa shape index (κ2) is 7.43. The number of hydrogen-bond acceptors (Lipinski definition) is 4. The molecule has 1 aliphatic carbocycles. The minimum atomic E-state index is -0.138. The Kier molecular flexibility index (Phi) is 6.57. The summed E-state index contributed by atoms with van der Waals surface area (Å²) in [6.45, 7) is 9.47. The van der Waals surface area contributed by atoms with Crippen molar-refractivity contribution >= 4 is 0 Å². The van der Waals surface area contributed by atoms with E-state index in [-0.39, 0.29) is 12.1 Å². The van der Waals surface area contributed by atoms with Gasteiger partial charge in [-0.25, -0.2) is 0 Å². The molecule has 4 heteroatoms. The van der Waals surface area contributed by atoms with E-state index in [1.165, 1.54) is 12.8 Å². The van der Waals surface area contributed by atoms with Gasteiger partial charge >= 0.3 is 0 Å². The van der Waals surface area contributed by atoms with Gasteiger partial charge in [-0.15, -0.1) is 0 Å². The number of aliphatic hydroxyl groups excluding tert-OH is 1. The predicted octanol–water partition coefficient (Wildman–Crippen LogP) is 1.24. The van der Waals surface area contributed by atoms with Gasteiger partial charge in [0, 0.05) is 37.8 Å². The van der Waals surface area contributed by atoms with E-state index in [1.54, 1.807) is 7.11 Å². The van der Waals surface area contributed by atoms with Gasteiger partial charge in [-0.3, -0.25) is 4.90 Å². The Balaban J connectivity index is 2.37. The number of rotatable bonds is 10. The van der Waals surface area contributed by atoms with Gasteiger partial charge < -0.3 is 15.2 Å². The Labute approximate surface area is 112 Å². The van der Waals surface area contributed by atoms with Gasteiger partial charge in [0.2, 0.25) is 0 Å². The van der Waals surface area contributed by atoms with E-state index >= 15 is 0 Å². The molecule has 1 unspecified atom stereocenters. The van der Waals surface area contributed by atoms with Gasteiger partial charge in [0.05, 0.1) is 13.2 Å². The maximum absolute atomic E-state index is 9.58. The smallest absolute Gasteiger partial charge is 0.0611 e. The molecule has 0 amide bonds. The van der Waals surface area contributed by atoms with Crippen molar-refractivity contribution in [1.82, 2.24) is 10.2 Å². The third-order valence-corrected chi connectivity index (χ3v) is 3.74. The van der Waals surface area contributed by atoms with Crippen LogP contribution in [0.4, 0.5) is 0 Å². The molecule has 0 radical (unpaired) electrons. The molecule has 2 N–H and O–H groups in total. The van der Waals surface area contributed by atoms with E-state index in [2.05, 4.69) is 31.0 Å². The maximum atomic E-state index is 9.58. The summed E-state index contributed by atoms with van der Waals surface area (Å²) in [6, 6.07) is 1.15. The number of aliphatic hydroxyl groups is 1. The molecular formula is C14H30N2O2. The molecule has 0 aromatic rings. The second-order valence-electron chi connectivity index (χ2n) is 6.01. The van der Waals surface area contributed by atoms with E-state index in [9.17, 15) is 5.11 Å². The van der Waals surface area contributed by atoms with Gasteiger partial charge in [-0.2, -0.15) is 0 Å². The summed E-state index contributed by atoms with van der Waals surface area (Å²) in [4.78, 5) is 2.41. The standard InChI is InChI=1S/C14H30N2O2/c1-12(2)16(9-10-18-4)8-7-14(3,11-17)15-13-5-6-13/h12-13,15,17H,5-11H2,1-4H3. The van der Waals surface area contributed by atoms with E-state index in [4.69, 9.17) is 4.74 Å². The van der Waals surface area contributed by atoms with Crippen LogP contribution < -0.4 is 5.32 Å². The van der Waals surface area contributed by atoms with Crippen molar-refractivity contribution in [3.63, 3.8) is 0 Å². The van der Waals surface area contributed by atoms with Crippen molar-refractivity contribution < 1.29 is 9.84 Å². The van der Waals surface area contributed by atoms with Crippen LogP contribution in [-0.4, -0.2) is 61.0 Å². The Hall–Kier alpha value is -0.160. The van der Waals surface area contributed by atoms with Crippen LogP contribution in [0.15, 0.2) is 0 Å². The summed E-state index contributed by atoms with van der Waals surface area (Å²) < 4.78 is 5.15. The molecule has 0 aromatic heterocycles. The van der Waals surface area contributed by atoms with Gasteiger partial charge in [-0.1, -0.05) is 0 Å². The fourth-order valence-electron chi connectivity index (χ4n) is 2.14. The molecule has 1 saturated carbocycles. The first kappa shape index (κ1) is 15.9. The summed E-state index contributed by atoms with van der Waals surface area (Å²) in [5.74, 6) is 0. The molecule has 1 aliphatic rings. The largest absolute Gasteiger partial charge is 0.394 e. The molecule has 4 nitrogen and oxygen atoms in total. The monoisotopic (exact) mass is 258 g/mol. The molecule has 1 atom stereocenters. The summed E-state index contributed by atoms with van der Waals surface area (Å²) in [7, 11) is 1.74. The summed E-state index contributed by atoms with van der Waals surface area (Å²) >= 11 is 0. The minimum Gasteiger partial charge on any atom is -0.394 e. The van der Waals surface area contributed by atoms with Crippen LogP contribution in [-0.2, 0) is 4.74 Å². The number of nitrogens with zero attached hydrogens (tertiary/aromatic N) is 1. The highest BCUT2D eigenvalue weighted by molar-refractivity contribution is 4.92. The van der Waals surface area contributed by atoms with E-state index in [0.717, 1.165) is 26.1 Å². The van der Waals surface area contributed by atoms with E-state index in [0.29, 0.717) is 12.1 Å². The molecule has 1 fully saturated rings. The zero-order valence-electron chi connectivity index (χ0n) is 12.4. The van der Waals surface area contributed by atoms with Crippen molar-refractivity contribution in [3.05, 3.63) is 0 Å². The lowest BCUT2D eigenvalue weighted by molar-refractivity contribution is 0.105. The first-order valence-electron chi connectivity index (χ1n) is 7.12. The lowest BCUT2D eigenvalue weighted by atomic mass is 9.98. The zero-order valence-corrected chi connectivity index (χ0v) is 12.4. The summed E-state index contributed by atoms with van der Waals surface area (Å²) in [5.41, 5.74) is -0.138. The van der Waals surface area contributed by atoms with Crippen LogP contribution in [0.25, 0.3) is 0 Å². The van der Waals surface area contributed by atoms with Crippen LogP contribution in [0.3, 0.4) is 0 Å². The zero-order chi connectivity index (χ0) is 13.6. The maximum Gasteiger partial charge on any atom is 0.0611 e. The SMILES string of the molecule is COCCN(CCC(C)(CO)NC1CC1)C(C)C. The van der Waals surface area contributed by atoms with Gasteiger partial charge in [0.25, 0.3) is 0 Å². The van der Waals surface area contributed by atoms with Gasteiger partial charge in [0.1, 0.15) is 0 Å². The predicted molar refractivity (Wildman–Crippen MR) is 74.9 cm³/mol. The Morgan fingerprint density at radius 1 is 1.39 bits per heavy atom. The molecule has 0 aromatic carbocycles. The van der Waals surface area contributed by atoms with Gasteiger partial charge in [0.15, 0.2) is 0 Å². The molecule has 0 heterocycles. The third-order valence-electron chi connectivity index (χ3n) is 3.74. The highest BCUT2D eigenvalue weighted by Gasteiger charge is 2.32. The van der Waals surface area contributed by atoms with Crippen LogP contribution in [0.1, 0.15) is 40.0 Å². The van der Waals surface area contributed by atoms with Crippen LogP contribution in [0.5, 0.6) is 0 Å². The highest BCUT2D eigenvalue weighted by Crippen LogP contribution is 2.24. The highest BCUT2D eigenvalue weighted by atomic mass is 16.5. The minimum absolute atomic E-state index is 0.138. The molecule has 0 bridgehead atoms. The quantitative estimate of drug-likeness (QED) is 0.619. The molecule has 0 saturated heterocycles. The average molecular weight is 258 g/mol. The average Bonchev–Trinajstić information content (AvgIpc) is 3.12. The molecule has 0 spiro atoms. The molecule has 18 heavy (non-hydrogen) atoms. The van der Waals surface area contributed by atoms with Crippen molar-refractivity contribution in [1.29, 1.82) is 0 Å². The lowest BCUT2D eigenvalue weighted by Gasteiger charge is -2.33. The summed E-state index contributed by atoms with van der Waals surface area (Å²) in [6.07, 6.45) is 3.49. The Morgan fingerprint density at radius 3 is 2.50 bits per heavy atom. The second-order valence-corrected chi connectivity index (χ2v) is 6.01. The lowest BCUT2D eigenvalue weighted by Crippen LogP contribution is -2.50. The number of hydrogen-bond donors (Lipinski definition) is 2. The van der Waals surface area contributed by atoms with Crippen molar-refractivity contribution in [2.75, 3.05) is 33.4 Å². The van der Waals surface area contributed by atoms with Crippen LogP contribution in [0.2, 0.25) is 0 Å². The molecule has 108 valence electrons. The summed E-state index contributed by atoms with van der Waals surface area (Å²) in [5, 5.41) is 13.1. The number of ether oxygens (including phenoxy) is 1. The van der Waals surface area contributed by atoms with Crippen molar-refractivity contribution in [3.8, 4) is 0 Å². The van der Waals surface area contributed by atoms with Crippen molar-refractivity contribution in [2.45, 2.75) is 57.7 Å². The Bertz CT molecular complexity index is 232. The molecule has 1 rings (SSSR count). The number of nitrogens with one attached hydrogen (secondary N) is 1. The fraction of sp³-hybridized carbons (Fsp3) is 1.00. The fourth-order valence-corrected chi connectivity index (χ4v) is 2.14. The van der Waals surface area contributed by atoms with Crippen LogP contribution in [0, 0.1) is 0 Å². The van der Waals surface area contributed by atoms with Crippen molar-refractivity contribution in [2.24, 2.45) is 0 Å². The van der Waals surface area contributed by atoms with Gasteiger partial charge in [-0.05, 0) is 40.0 Å². The van der Waals surface area contributed by atoms with E-state index in [1.807, 2.05) is 0 Å². The number of methoxy groups -OCH3 is 1. The normalized spacial score (nSPS) is 19.5.